The summed E-state index contributed by atoms with van der Waals surface area (Å²) >= 11 is 3.79. The average molecular weight is 1800 g/mol. The largest absolute Gasteiger partial charge is 0.496 e. The van der Waals surface area contributed by atoms with E-state index in [9.17, 15) is 0 Å². The smallest absolute Gasteiger partial charge is 0.495 e. The van der Waals surface area contributed by atoms with Gasteiger partial charge in [0.05, 0.1) is 18.3 Å². The maximum Gasteiger partial charge on any atom is 0.495 e. The van der Waals surface area contributed by atoms with Crippen molar-refractivity contribution in [1.29, 1.82) is 0 Å². The van der Waals surface area contributed by atoms with Crippen LogP contribution in [-0.2, 0) is 9.31 Å². The summed E-state index contributed by atoms with van der Waals surface area (Å²) in [7, 11) is 1.23. The van der Waals surface area contributed by atoms with Crippen molar-refractivity contribution in [3.05, 3.63) is 380 Å². The van der Waals surface area contributed by atoms with Gasteiger partial charge in [-0.1, -0.05) is 374 Å². The van der Waals surface area contributed by atoms with Crippen LogP contribution in [0.1, 0.15) is 97.5 Å². The zero-order valence-corrected chi connectivity index (χ0v) is 77.8. The van der Waals surface area contributed by atoms with Crippen molar-refractivity contribution in [2.75, 3.05) is 7.11 Å². The van der Waals surface area contributed by atoms with Gasteiger partial charge in [-0.25, -0.2) is 0 Å². The summed E-state index contributed by atoms with van der Waals surface area (Å²) in [5.74, 6) is 7.98. The molecule has 18 aromatic carbocycles. The van der Waals surface area contributed by atoms with E-state index in [4.69, 9.17) is 33.0 Å². The molecule has 2 aliphatic carbocycles. The molecule has 132 heavy (non-hydrogen) atoms. The van der Waals surface area contributed by atoms with Crippen molar-refractivity contribution in [1.82, 2.24) is 0 Å². The monoisotopic (exact) mass is 1800 g/mol. The first-order chi connectivity index (χ1) is 64.8. The van der Waals surface area contributed by atoms with Gasteiger partial charge in [-0.2, -0.15) is 0 Å². The van der Waals surface area contributed by atoms with E-state index in [-0.39, 0.29) is 21.3 Å². The van der Waals surface area contributed by atoms with Gasteiger partial charge in [-0.05, 0) is 261 Å². The fraction of sp³-hybridized carbons (Fsp3) is 0.167. The Morgan fingerprint density at radius 1 is 0.295 bits per heavy atom. The lowest BCUT2D eigenvalue weighted by Gasteiger charge is -2.39. The highest BCUT2D eigenvalue weighted by atomic mass is 79.9. The van der Waals surface area contributed by atoms with Crippen LogP contribution in [0.3, 0.4) is 0 Å². The van der Waals surface area contributed by atoms with E-state index < -0.39 is 18.3 Å². The number of hydrogen-bond acceptors (Lipinski definition) is 7. The lowest BCUT2D eigenvalue weighted by atomic mass is 9.34. The van der Waals surface area contributed by atoms with Gasteiger partial charge in [0.25, 0.3) is 13.4 Å². The first-order valence-electron chi connectivity index (χ1n) is 46.9. The molecule has 1 saturated heterocycles. The summed E-state index contributed by atoms with van der Waals surface area (Å²) in [4.78, 5) is 0. The topological polar surface area (TPSA) is 64.6 Å². The Balaban J connectivity index is 0.000000107. The summed E-state index contributed by atoms with van der Waals surface area (Å²) in [6.45, 7) is 10.6. The standard InChI is InChI=1S/C44H27BO2.C30H26B2O4.C26H35OP.C20H13Br/c1-2-14-28(15-3-1)41-31-18-6-8-20-33(31)42(34-21-9-7-19-32(34)41)30-17-5-4-16-29(30)35-22-12-24-37-44(35)47-40-27-13-26-39-43(40)45(37)36-23-10-11-25-38(36)46-39;1-29(2)30(3,4)36-32(35-29)21-13-6-5-11-19(21)20-12-9-15-23-28(20)34-26-18-10-17-25-27(26)31(23)22-14-7-8-16-24(22)33-25;1-20-12-11-18-24(27-2)26(20)23-17-9-10-19-25(23)28(21-13-5-3-6-14-21)22-15-7-4-8-16-22;21-20-17-12-6-4-10-15(17)19(14-8-2-1-3-9-14)16-11-5-7-13-18(16)20/h1-27H;5-18H,1-4H3;9-12,17-19,21-22H,3-8,13-16H2,1-2H3;1-13H. The fourth-order valence-electron chi connectivity index (χ4n) is 21.9. The van der Waals surface area contributed by atoms with Crippen molar-refractivity contribution >= 4 is 131 Å². The van der Waals surface area contributed by atoms with E-state index in [0.717, 1.165) is 124 Å². The molecule has 0 spiro atoms. The van der Waals surface area contributed by atoms with Crippen LogP contribution in [0.5, 0.6) is 51.7 Å². The predicted molar refractivity (Wildman–Crippen MR) is 559 cm³/mol. The van der Waals surface area contributed by atoms with Crippen LogP contribution in [0.2, 0.25) is 0 Å². The first-order valence-corrected chi connectivity index (χ1v) is 49.2. The molecule has 0 aromatic heterocycles. The third-order valence-corrected chi connectivity index (χ3v) is 33.1. The SMILES string of the molecule is Brc1c2ccccc2c(-c2ccccc2)c2ccccc12.CC1(C)OB(c2ccccc2-c2cccc3c2Oc2cccc4c2B3c2ccccc2O4)OC1(C)C.COc1cccc(C)c1-c1ccccc1P(C1CCCCC1)C1CCCCC1.c1ccc(-c2c3ccccc3c(-c3ccccc3-c3cccc4c3Oc3cccc5c3B4c3ccccc3O5)c3ccccc23)cc1. The molecule has 3 fully saturated rings. The summed E-state index contributed by atoms with van der Waals surface area (Å²) < 4.78 is 46.1. The number of hydrogen-bond donors (Lipinski definition) is 0. The van der Waals surface area contributed by atoms with Gasteiger partial charge < -0.3 is 33.0 Å². The van der Waals surface area contributed by atoms with Crippen molar-refractivity contribution in [2.24, 2.45) is 0 Å². The second-order valence-corrected chi connectivity index (χ2v) is 40.4. The molecule has 18 aromatic rings. The van der Waals surface area contributed by atoms with Gasteiger partial charge in [-0.3, -0.25) is 0 Å². The van der Waals surface area contributed by atoms with Gasteiger partial charge in [-0.15, -0.1) is 0 Å². The number of fused-ring (bicyclic) bond motifs is 12. The van der Waals surface area contributed by atoms with Crippen molar-refractivity contribution in [3.63, 3.8) is 0 Å². The van der Waals surface area contributed by atoms with Crippen LogP contribution in [0.25, 0.3) is 110 Å². The van der Waals surface area contributed by atoms with Gasteiger partial charge in [0.15, 0.2) is 0 Å². The highest BCUT2D eigenvalue weighted by Crippen LogP contribution is 2.58. The van der Waals surface area contributed by atoms with Crippen LogP contribution < -0.4 is 67.2 Å². The van der Waals surface area contributed by atoms with E-state index in [2.05, 4.69) is 366 Å². The Kier molecular flexibility index (Phi) is 23.0. The van der Waals surface area contributed by atoms with Crippen molar-refractivity contribution in [3.8, 4) is 119 Å². The Bertz CT molecular complexity index is 7300. The third kappa shape index (κ3) is 15.3. The predicted octanol–water partition coefficient (Wildman–Crippen LogP) is 28.0. The van der Waals surface area contributed by atoms with E-state index in [0.29, 0.717) is 0 Å². The average Bonchev–Trinajstić information content (AvgIpc) is 0.905. The fourth-order valence-corrected chi connectivity index (χ4v) is 26.5. The maximum atomic E-state index is 6.89. The number of para-hydroxylation sites is 4. The molecule has 0 radical (unpaired) electrons. The number of halogens is 1. The van der Waals surface area contributed by atoms with Crippen LogP contribution in [-0.4, -0.2) is 50.2 Å². The molecule has 2 saturated carbocycles. The molecule has 0 unspecified atom stereocenters. The number of aryl methyl sites for hydroxylation is 1. The number of methoxy groups -OCH3 is 1. The Morgan fingerprint density at radius 3 is 1.11 bits per heavy atom. The molecule has 7 nitrogen and oxygen atoms in total. The molecule has 5 aliphatic heterocycles. The normalized spacial score (nSPS) is 15.2. The van der Waals surface area contributed by atoms with Crippen molar-refractivity contribution < 1.29 is 33.0 Å². The Labute approximate surface area is 785 Å². The molecule has 25 rings (SSSR count). The lowest BCUT2D eigenvalue weighted by Crippen LogP contribution is -2.57. The zero-order chi connectivity index (χ0) is 89.1. The van der Waals surface area contributed by atoms with Gasteiger partial charge in [0.2, 0.25) is 0 Å². The van der Waals surface area contributed by atoms with E-state index >= 15 is 0 Å². The van der Waals surface area contributed by atoms with Gasteiger partial charge in [0.1, 0.15) is 51.7 Å². The second-order valence-electron chi connectivity index (χ2n) is 36.9. The highest BCUT2D eigenvalue weighted by Gasteiger charge is 2.53. The molecule has 12 heteroatoms. The quantitative estimate of drug-likeness (QED) is 0.0726. The molecule has 0 atom stereocenters. The second kappa shape index (κ2) is 36.0. The summed E-state index contributed by atoms with van der Waals surface area (Å²) in [6, 6.07) is 131. The van der Waals surface area contributed by atoms with E-state index in [1.807, 2.05) is 61.7 Å². The van der Waals surface area contributed by atoms with Crippen molar-refractivity contribution in [2.45, 2.75) is 121 Å². The minimum absolute atomic E-state index is 0.0221. The van der Waals surface area contributed by atoms with Gasteiger partial charge in [0, 0.05) is 32.1 Å². The summed E-state index contributed by atoms with van der Waals surface area (Å²) in [5.41, 5.74) is 24.7. The lowest BCUT2D eigenvalue weighted by molar-refractivity contribution is 0.00578. The minimum atomic E-state index is -0.464. The molecule has 0 bridgehead atoms. The van der Waals surface area contributed by atoms with Crippen LogP contribution >= 0.6 is 23.9 Å². The highest BCUT2D eigenvalue weighted by molar-refractivity contribution is 9.10. The molecular weight excluding hydrogens is 1700 g/mol. The molecular formula is C120H101B3BrO7P. The third-order valence-electron chi connectivity index (χ3n) is 28.7. The first kappa shape index (κ1) is 84.6. The number of rotatable bonds is 11. The van der Waals surface area contributed by atoms with Crippen LogP contribution in [0, 0.1) is 6.92 Å². The molecule has 5 heterocycles. The van der Waals surface area contributed by atoms with E-state index in [1.165, 1.54) is 162 Å². The van der Waals surface area contributed by atoms with Gasteiger partial charge >= 0.3 is 7.12 Å². The van der Waals surface area contributed by atoms with E-state index in [1.54, 1.807) is 5.30 Å². The Morgan fingerprint density at radius 2 is 0.636 bits per heavy atom. The Hall–Kier alpha value is -13.0. The minimum Gasteiger partial charge on any atom is -0.496 e. The van der Waals surface area contributed by atoms with Crippen LogP contribution in [0.15, 0.2) is 375 Å². The molecule has 7 aliphatic rings. The van der Waals surface area contributed by atoms with Crippen LogP contribution in [0.4, 0.5) is 0 Å². The molecule has 644 valence electrons. The number of ether oxygens (including phenoxy) is 5. The summed E-state index contributed by atoms with van der Waals surface area (Å²) in [5, 5.41) is 11.7. The maximum absolute atomic E-state index is 6.89. The zero-order valence-electron chi connectivity index (χ0n) is 75.4. The summed E-state index contributed by atoms with van der Waals surface area (Å²) in [6.07, 6.45) is 14.4. The molecule has 0 N–H and O–H groups in total. The molecule has 0 amide bonds. The number of benzene rings is 18.